The van der Waals surface area contributed by atoms with Gasteiger partial charge in [-0.1, -0.05) is 27.7 Å². The first-order valence-corrected chi connectivity index (χ1v) is 7.65. The topological polar surface area (TPSA) is 46.6 Å². The van der Waals surface area contributed by atoms with Crippen LogP contribution in [0.1, 0.15) is 54.4 Å². The van der Waals surface area contributed by atoms with Crippen LogP contribution in [0.3, 0.4) is 0 Å². The van der Waals surface area contributed by atoms with Gasteiger partial charge in [0.15, 0.2) is 0 Å². The van der Waals surface area contributed by atoms with Crippen molar-refractivity contribution in [2.75, 3.05) is 13.2 Å². The Morgan fingerprint density at radius 1 is 1.30 bits per heavy atom. The molecule has 0 aromatic carbocycles. The number of hydrogen-bond acceptors (Lipinski definition) is 3. The molecule has 3 atom stereocenters. The largest absolute Gasteiger partial charge is 0.465 e. The van der Waals surface area contributed by atoms with Crippen LogP contribution in [0.4, 0.5) is 0 Å². The zero-order valence-electron chi connectivity index (χ0n) is 13.7. The van der Waals surface area contributed by atoms with Crippen molar-refractivity contribution in [3.63, 3.8) is 0 Å². The number of ether oxygens (including phenoxy) is 1. The summed E-state index contributed by atoms with van der Waals surface area (Å²) in [4.78, 5) is 26.8. The smallest absolute Gasteiger partial charge is 0.319 e. The fourth-order valence-corrected chi connectivity index (χ4v) is 2.95. The summed E-state index contributed by atoms with van der Waals surface area (Å²) < 4.78 is 5.11. The SMILES string of the molecule is CCOC(=O)C(C(=O)N1CCC(C)CC1C)C(C)(C)C. The summed E-state index contributed by atoms with van der Waals surface area (Å²) in [6.45, 7) is 12.9. The van der Waals surface area contributed by atoms with Crippen molar-refractivity contribution in [2.24, 2.45) is 17.3 Å². The Hall–Kier alpha value is -1.06. The van der Waals surface area contributed by atoms with E-state index in [0.29, 0.717) is 12.5 Å². The van der Waals surface area contributed by atoms with Crippen LogP contribution in [0.25, 0.3) is 0 Å². The first-order valence-electron chi connectivity index (χ1n) is 7.65. The highest BCUT2D eigenvalue weighted by Crippen LogP contribution is 2.32. The molecule has 4 nitrogen and oxygen atoms in total. The zero-order chi connectivity index (χ0) is 15.5. The molecule has 1 rings (SSSR count). The minimum Gasteiger partial charge on any atom is -0.465 e. The van der Waals surface area contributed by atoms with Gasteiger partial charge in [-0.05, 0) is 38.0 Å². The number of piperidine rings is 1. The second-order valence-electron chi connectivity index (χ2n) is 7.06. The molecule has 1 aliphatic rings. The van der Waals surface area contributed by atoms with Gasteiger partial charge in [0, 0.05) is 12.6 Å². The predicted molar refractivity (Wildman–Crippen MR) is 79.2 cm³/mol. The van der Waals surface area contributed by atoms with Crippen molar-refractivity contribution in [1.82, 2.24) is 4.90 Å². The number of rotatable bonds is 3. The molecule has 0 aromatic heterocycles. The lowest BCUT2D eigenvalue weighted by atomic mass is 9.79. The van der Waals surface area contributed by atoms with Crippen LogP contribution in [-0.2, 0) is 14.3 Å². The first kappa shape index (κ1) is 17.0. The summed E-state index contributed by atoms with van der Waals surface area (Å²) in [6, 6.07) is 0.200. The summed E-state index contributed by atoms with van der Waals surface area (Å²) in [7, 11) is 0. The van der Waals surface area contributed by atoms with E-state index in [9.17, 15) is 9.59 Å². The number of carbonyl (C=O) groups is 2. The van der Waals surface area contributed by atoms with Gasteiger partial charge >= 0.3 is 5.97 Å². The van der Waals surface area contributed by atoms with Gasteiger partial charge in [0.1, 0.15) is 5.92 Å². The lowest BCUT2D eigenvalue weighted by molar-refractivity contribution is -0.162. The van der Waals surface area contributed by atoms with Crippen LogP contribution in [0, 0.1) is 17.3 Å². The van der Waals surface area contributed by atoms with Crippen molar-refractivity contribution in [2.45, 2.75) is 60.4 Å². The van der Waals surface area contributed by atoms with E-state index < -0.39 is 17.3 Å². The molecule has 116 valence electrons. The molecule has 0 saturated carbocycles. The van der Waals surface area contributed by atoms with E-state index in [2.05, 4.69) is 13.8 Å². The van der Waals surface area contributed by atoms with E-state index in [1.807, 2.05) is 25.7 Å². The Morgan fingerprint density at radius 2 is 1.90 bits per heavy atom. The fraction of sp³-hybridized carbons (Fsp3) is 0.875. The lowest BCUT2D eigenvalue weighted by Gasteiger charge is -2.40. The van der Waals surface area contributed by atoms with Crippen LogP contribution in [-0.4, -0.2) is 36.0 Å². The van der Waals surface area contributed by atoms with Gasteiger partial charge in [-0.15, -0.1) is 0 Å². The van der Waals surface area contributed by atoms with Crippen molar-refractivity contribution >= 4 is 11.9 Å². The number of nitrogens with zero attached hydrogens (tertiary/aromatic N) is 1. The summed E-state index contributed by atoms with van der Waals surface area (Å²) in [5.74, 6) is -0.533. The number of carbonyl (C=O) groups excluding carboxylic acids is 2. The van der Waals surface area contributed by atoms with Crippen molar-refractivity contribution in [3.05, 3.63) is 0 Å². The van der Waals surface area contributed by atoms with E-state index in [1.54, 1.807) is 6.92 Å². The molecule has 0 spiro atoms. The van der Waals surface area contributed by atoms with Gasteiger partial charge in [-0.3, -0.25) is 9.59 Å². The quantitative estimate of drug-likeness (QED) is 0.591. The Labute approximate surface area is 122 Å². The molecular weight excluding hydrogens is 254 g/mol. The van der Waals surface area contributed by atoms with Crippen LogP contribution in [0.15, 0.2) is 0 Å². The minimum absolute atomic E-state index is 0.0737. The third kappa shape index (κ3) is 3.97. The Balaban J connectivity index is 2.91. The molecule has 1 fully saturated rings. The second-order valence-corrected chi connectivity index (χ2v) is 7.06. The van der Waals surface area contributed by atoms with Crippen LogP contribution in [0.2, 0.25) is 0 Å². The van der Waals surface area contributed by atoms with Gasteiger partial charge in [0.2, 0.25) is 5.91 Å². The molecule has 0 aromatic rings. The molecule has 0 bridgehead atoms. The maximum Gasteiger partial charge on any atom is 0.319 e. The maximum atomic E-state index is 12.8. The summed E-state index contributed by atoms with van der Waals surface area (Å²) in [5.41, 5.74) is -0.424. The summed E-state index contributed by atoms with van der Waals surface area (Å²) >= 11 is 0. The molecule has 20 heavy (non-hydrogen) atoms. The van der Waals surface area contributed by atoms with E-state index in [4.69, 9.17) is 4.74 Å². The van der Waals surface area contributed by atoms with E-state index in [0.717, 1.165) is 19.4 Å². The third-order valence-electron chi connectivity index (χ3n) is 4.06. The summed E-state index contributed by atoms with van der Waals surface area (Å²) in [6.07, 6.45) is 2.02. The van der Waals surface area contributed by atoms with Gasteiger partial charge < -0.3 is 9.64 Å². The zero-order valence-corrected chi connectivity index (χ0v) is 13.7. The number of amides is 1. The number of hydrogen-bond donors (Lipinski definition) is 0. The molecule has 1 saturated heterocycles. The molecular formula is C16H29NO3. The van der Waals surface area contributed by atoms with Crippen molar-refractivity contribution < 1.29 is 14.3 Å². The van der Waals surface area contributed by atoms with Gasteiger partial charge in [0.25, 0.3) is 0 Å². The van der Waals surface area contributed by atoms with Crippen molar-refractivity contribution in [3.8, 4) is 0 Å². The fourth-order valence-electron chi connectivity index (χ4n) is 2.95. The standard InChI is InChI=1S/C16H29NO3/c1-7-20-15(19)13(16(4,5)6)14(18)17-9-8-11(2)10-12(17)3/h11-13H,7-10H2,1-6H3. The van der Waals surface area contributed by atoms with Crippen LogP contribution >= 0.6 is 0 Å². The average molecular weight is 283 g/mol. The first-order chi connectivity index (χ1) is 9.18. The normalized spacial score (nSPS) is 25.2. The molecule has 0 aliphatic carbocycles. The maximum absolute atomic E-state index is 12.8. The average Bonchev–Trinajstić information content (AvgIpc) is 2.26. The van der Waals surface area contributed by atoms with E-state index >= 15 is 0 Å². The van der Waals surface area contributed by atoms with Crippen LogP contribution < -0.4 is 0 Å². The van der Waals surface area contributed by atoms with Crippen molar-refractivity contribution in [1.29, 1.82) is 0 Å². The summed E-state index contributed by atoms with van der Waals surface area (Å²) in [5, 5.41) is 0. The molecule has 1 amide bonds. The molecule has 3 unspecified atom stereocenters. The highest BCUT2D eigenvalue weighted by molar-refractivity contribution is 5.98. The van der Waals surface area contributed by atoms with Crippen LogP contribution in [0.5, 0.6) is 0 Å². The molecule has 0 N–H and O–H groups in total. The monoisotopic (exact) mass is 283 g/mol. The second kappa shape index (κ2) is 6.59. The third-order valence-corrected chi connectivity index (χ3v) is 4.06. The van der Waals surface area contributed by atoms with Gasteiger partial charge in [0.05, 0.1) is 6.61 Å². The Morgan fingerprint density at radius 3 is 2.35 bits per heavy atom. The van der Waals surface area contributed by atoms with Gasteiger partial charge in [-0.25, -0.2) is 0 Å². The number of likely N-dealkylation sites (tertiary alicyclic amines) is 1. The lowest BCUT2D eigenvalue weighted by Crippen LogP contribution is -2.51. The highest BCUT2D eigenvalue weighted by atomic mass is 16.5. The minimum atomic E-state index is -0.710. The Kier molecular flexibility index (Phi) is 5.60. The highest BCUT2D eigenvalue weighted by Gasteiger charge is 2.43. The molecule has 4 heteroatoms. The molecule has 0 radical (unpaired) electrons. The Bertz CT molecular complexity index is 359. The van der Waals surface area contributed by atoms with E-state index in [1.165, 1.54) is 0 Å². The van der Waals surface area contributed by atoms with Gasteiger partial charge in [-0.2, -0.15) is 0 Å². The molecule has 1 heterocycles. The van der Waals surface area contributed by atoms with E-state index in [-0.39, 0.29) is 11.9 Å². The predicted octanol–water partition coefficient (Wildman–Crippen LogP) is 2.86. The molecule has 1 aliphatic heterocycles. The number of esters is 1.